The molecule has 0 aromatic heterocycles. The first-order valence-electron chi connectivity index (χ1n) is 17.5. The Morgan fingerprint density at radius 2 is 1.67 bits per heavy atom. The molecule has 5 aliphatic rings. The van der Waals surface area contributed by atoms with Gasteiger partial charge in [-0.2, -0.15) is 0 Å². The van der Waals surface area contributed by atoms with Crippen LogP contribution in [0.2, 0.25) is 0 Å². The Labute approximate surface area is 267 Å². The summed E-state index contributed by atoms with van der Waals surface area (Å²) in [4.78, 5) is 37.1. The molecule has 6 rings (SSSR count). The predicted octanol–water partition coefficient (Wildman–Crippen LogP) is 8.89. The quantitative estimate of drug-likeness (QED) is 0.0842. The maximum atomic E-state index is 13.3. The fourth-order valence-electron chi connectivity index (χ4n) is 10.6. The molecule has 0 spiro atoms. The lowest BCUT2D eigenvalue weighted by molar-refractivity contribution is -0.392. The minimum Gasteiger partial charge on any atom is -0.458 e. The first kappa shape index (κ1) is 32.0. The van der Waals surface area contributed by atoms with E-state index in [0.717, 1.165) is 55.1 Å². The highest BCUT2D eigenvalue weighted by atomic mass is 16.6. The second kappa shape index (κ2) is 12.0. The smallest absolute Gasteiger partial charge is 0.338 e. The Hall–Kier alpha value is -2.97. The SMILES string of the molecule is CC(C)CCC[C@@H](C)[C@H]1CC[C@H]2[C@@H]3CC=C4CC(OC(=O)c5cc([N+](=O)[O-])c(N6CC6)c([N+](=O)[O-])c5)CC[C@]4(C)[C@H]3CC[C@]12C. The number of carbonyl (C=O) groups is 1. The average molecular weight is 622 g/mol. The molecule has 1 saturated heterocycles. The number of hydrogen-bond donors (Lipinski definition) is 0. The molecule has 1 unspecified atom stereocenters. The van der Waals surface area contributed by atoms with E-state index in [1.807, 2.05) is 0 Å². The van der Waals surface area contributed by atoms with Crippen molar-refractivity contribution >= 4 is 23.0 Å². The summed E-state index contributed by atoms with van der Waals surface area (Å²) in [6, 6.07) is 2.28. The van der Waals surface area contributed by atoms with Crippen molar-refractivity contribution in [3.8, 4) is 0 Å². The molecule has 246 valence electrons. The van der Waals surface area contributed by atoms with Crippen molar-refractivity contribution in [2.45, 2.75) is 111 Å². The molecule has 9 nitrogen and oxygen atoms in total. The summed E-state index contributed by atoms with van der Waals surface area (Å²) in [7, 11) is 0. The van der Waals surface area contributed by atoms with E-state index in [-0.39, 0.29) is 22.8 Å². The fraction of sp³-hybridized carbons (Fsp3) is 0.750. The van der Waals surface area contributed by atoms with Crippen molar-refractivity contribution in [2.24, 2.45) is 46.3 Å². The van der Waals surface area contributed by atoms with Gasteiger partial charge in [0, 0.05) is 31.6 Å². The third-order valence-electron chi connectivity index (χ3n) is 13.0. The second-order valence-electron chi connectivity index (χ2n) is 15.9. The fourth-order valence-corrected chi connectivity index (χ4v) is 10.6. The minimum absolute atomic E-state index is 0.0327. The lowest BCUT2D eigenvalue weighted by Gasteiger charge is -2.58. The zero-order valence-electron chi connectivity index (χ0n) is 27.8. The van der Waals surface area contributed by atoms with Crippen LogP contribution in [0.1, 0.15) is 116 Å². The van der Waals surface area contributed by atoms with Gasteiger partial charge in [0.1, 0.15) is 6.10 Å². The van der Waals surface area contributed by atoms with Crippen LogP contribution in [0.5, 0.6) is 0 Å². The summed E-state index contributed by atoms with van der Waals surface area (Å²) >= 11 is 0. The van der Waals surface area contributed by atoms with E-state index < -0.39 is 27.2 Å². The number of rotatable bonds is 10. The summed E-state index contributed by atoms with van der Waals surface area (Å²) < 4.78 is 5.93. The highest BCUT2D eigenvalue weighted by Crippen LogP contribution is 2.67. The van der Waals surface area contributed by atoms with E-state index >= 15 is 0 Å². The topological polar surface area (TPSA) is 116 Å². The highest BCUT2D eigenvalue weighted by Gasteiger charge is 2.59. The predicted molar refractivity (Wildman–Crippen MR) is 174 cm³/mol. The zero-order chi connectivity index (χ0) is 32.3. The number of nitro benzene ring substituents is 2. The molecule has 8 atom stereocenters. The Balaban J connectivity index is 1.14. The number of allylic oxidation sites excluding steroid dienone is 1. The lowest BCUT2D eigenvalue weighted by atomic mass is 9.47. The van der Waals surface area contributed by atoms with E-state index in [4.69, 9.17) is 4.74 Å². The van der Waals surface area contributed by atoms with Gasteiger partial charge >= 0.3 is 17.3 Å². The van der Waals surface area contributed by atoms with Gasteiger partial charge in [-0.15, -0.1) is 0 Å². The lowest BCUT2D eigenvalue weighted by Crippen LogP contribution is -2.51. The Morgan fingerprint density at radius 3 is 2.29 bits per heavy atom. The molecule has 45 heavy (non-hydrogen) atoms. The average Bonchev–Trinajstić information content (AvgIpc) is 3.76. The van der Waals surface area contributed by atoms with Crippen molar-refractivity contribution < 1.29 is 19.4 Å². The van der Waals surface area contributed by atoms with Crippen LogP contribution in [-0.4, -0.2) is 35.0 Å². The Bertz CT molecular complexity index is 1350. The summed E-state index contributed by atoms with van der Waals surface area (Å²) in [6.45, 7) is 13.3. The molecular formula is C36H51N3O6. The standard InChI is InChI=1S/C36H51N3O6/c1-22(2)7-6-8-23(3)28-11-12-29-27-10-9-25-21-26(13-15-35(25,4)30(27)14-16-36(28,29)5)45-34(40)24-19-31(38(41)42)33(37-17-18-37)32(20-24)39(43)44/h9,19-20,22-23,26-30H,6-8,10-18,21H2,1-5H3/t23-,26?,27+,28-,29+,30+,35+,36-/m1/s1. The van der Waals surface area contributed by atoms with Crippen molar-refractivity contribution in [3.05, 3.63) is 49.6 Å². The van der Waals surface area contributed by atoms with Crippen LogP contribution >= 0.6 is 0 Å². The molecule has 1 heterocycles. The molecule has 0 bridgehead atoms. The van der Waals surface area contributed by atoms with Gasteiger partial charge in [-0.25, -0.2) is 4.79 Å². The van der Waals surface area contributed by atoms with Gasteiger partial charge in [0.2, 0.25) is 0 Å². The van der Waals surface area contributed by atoms with Crippen LogP contribution in [0, 0.1) is 66.6 Å². The van der Waals surface area contributed by atoms with Crippen LogP contribution in [0.15, 0.2) is 23.8 Å². The maximum Gasteiger partial charge on any atom is 0.338 e. The van der Waals surface area contributed by atoms with Gasteiger partial charge in [0.15, 0.2) is 5.69 Å². The second-order valence-corrected chi connectivity index (χ2v) is 15.9. The van der Waals surface area contributed by atoms with E-state index in [0.29, 0.717) is 36.8 Å². The van der Waals surface area contributed by atoms with Crippen LogP contribution < -0.4 is 4.90 Å². The van der Waals surface area contributed by atoms with E-state index in [1.165, 1.54) is 50.5 Å². The Morgan fingerprint density at radius 1 is 0.978 bits per heavy atom. The highest BCUT2D eigenvalue weighted by molar-refractivity contribution is 5.94. The molecule has 1 aromatic rings. The van der Waals surface area contributed by atoms with Gasteiger partial charge in [-0.1, -0.05) is 65.5 Å². The number of esters is 1. The van der Waals surface area contributed by atoms with Gasteiger partial charge in [0.05, 0.1) is 15.4 Å². The first-order valence-corrected chi connectivity index (χ1v) is 17.5. The molecule has 4 fully saturated rings. The molecule has 0 N–H and O–H groups in total. The van der Waals surface area contributed by atoms with E-state index in [1.54, 1.807) is 4.90 Å². The van der Waals surface area contributed by atoms with Crippen molar-refractivity contribution in [1.82, 2.24) is 0 Å². The van der Waals surface area contributed by atoms with Gasteiger partial charge in [0.25, 0.3) is 0 Å². The molecule has 0 radical (unpaired) electrons. The first-order chi connectivity index (χ1) is 21.3. The number of hydrogen-bond acceptors (Lipinski definition) is 7. The molecule has 9 heteroatoms. The molecule has 3 saturated carbocycles. The van der Waals surface area contributed by atoms with Gasteiger partial charge in [-0.05, 0) is 91.3 Å². The number of fused-ring (bicyclic) bond motifs is 5. The molecule has 0 amide bonds. The number of ether oxygens (including phenoxy) is 1. The summed E-state index contributed by atoms with van der Waals surface area (Å²) in [6.07, 6.45) is 14.9. The monoisotopic (exact) mass is 621 g/mol. The van der Waals surface area contributed by atoms with Crippen molar-refractivity contribution in [3.63, 3.8) is 0 Å². The van der Waals surface area contributed by atoms with Crippen molar-refractivity contribution in [2.75, 3.05) is 18.0 Å². The minimum atomic E-state index is -0.727. The number of nitrogens with zero attached hydrogens (tertiary/aromatic N) is 3. The van der Waals surface area contributed by atoms with Crippen LogP contribution in [0.25, 0.3) is 0 Å². The number of carbonyl (C=O) groups excluding carboxylic acids is 1. The molecule has 1 aliphatic heterocycles. The third-order valence-corrected chi connectivity index (χ3v) is 13.0. The van der Waals surface area contributed by atoms with Gasteiger partial charge < -0.3 is 9.64 Å². The van der Waals surface area contributed by atoms with E-state index in [2.05, 4.69) is 40.7 Å². The van der Waals surface area contributed by atoms with Crippen LogP contribution in [-0.2, 0) is 4.74 Å². The van der Waals surface area contributed by atoms with E-state index in [9.17, 15) is 25.0 Å². The van der Waals surface area contributed by atoms with Crippen molar-refractivity contribution in [1.29, 1.82) is 0 Å². The summed E-state index contributed by atoms with van der Waals surface area (Å²) in [5.41, 5.74) is 0.918. The number of anilines is 1. The molecule has 4 aliphatic carbocycles. The molecular weight excluding hydrogens is 570 g/mol. The normalized spacial score (nSPS) is 34.3. The summed E-state index contributed by atoms with van der Waals surface area (Å²) in [5.74, 6) is 3.81. The van der Waals surface area contributed by atoms with Crippen LogP contribution in [0.3, 0.4) is 0 Å². The third kappa shape index (κ3) is 5.78. The maximum absolute atomic E-state index is 13.3. The zero-order valence-corrected chi connectivity index (χ0v) is 27.8. The van der Waals surface area contributed by atoms with Crippen LogP contribution in [0.4, 0.5) is 17.1 Å². The Kier molecular flexibility index (Phi) is 8.53. The largest absolute Gasteiger partial charge is 0.458 e. The van der Waals surface area contributed by atoms with Gasteiger partial charge in [-0.3, -0.25) is 20.2 Å². The molecule has 1 aromatic carbocycles. The summed E-state index contributed by atoms with van der Waals surface area (Å²) in [5, 5.41) is 23.6. The number of nitro groups is 2. The number of benzene rings is 1.